The van der Waals surface area contributed by atoms with Crippen molar-refractivity contribution in [3.05, 3.63) is 94.3 Å². The van der Waals surface area contributed by atoms with E-state index in [-0.39, 0.29) is 23.9 Å². The van der Waals surface area contributed by atoms with Crippen molar-refractivity contribution in [2.75, 3.05) is 6.54 Å². The minimum atomic E-state index is -0.199. The maximum absolute atomic E-state index is 13.2. The fraction of sp³-hybridized carbons (Fsp3) is 0.217. The molecule has 0 saturated carbocycles. The molecular weight excluding hydrogens is 378 g/mol. The van der Waals surface area contributed by atoms with Gasteiger partial charge in [0.25, 0.3) is 5.56 Å². The smallest absolute Gasteiger partial charge is 0.261 e. The highest BCUT2D eigenvalue weighted by atomic mass is 16.2. The van der Waals surface area contributed by atoms with E-state index < -0.39 is 0 Å². The number of para-hydroxylation sites is 1. The van der Waals surface area contributed by atoms with Crippen molar-refractivity contribution in [2.24, 2.45) is 7.05 Å². The lowest BCUT2D eigenvalue weighted by molar-refractivity contribution is -0.133. The molecule has 2 aromatic carbocycles. The van der Waals surface area contributed by atoms with Crippen LogP contribution < -0.4 is 5.56 Å². The lowest BCUT2D eigenvalue weighted by Crippen LogP contribution is -2.41. The van der Waals surface area contributed by atoms with Crippen molar-refractivity contribution in [2.45, 2.75) is 19.0 Å². The normalized spacial score (nSPS) is 15.9. The number of aromatic nitrogens is 4. The minimum Gasteiger partial charge on any atom is -0.336 e. The van der Waals surface area contributed by atoms with Crippen molar-refractivity contribution in [3.63, 3.8) is 0 Å². The zero-order chi connectivity index (χ0) is 20.7. The summed E-state index contributed by atoms with van der Waals surface area (Å²) in [5.74, 6) is -0.0448. The summed E-state index contributed by atoms with van der Waals surface area (Å²) in [6.45, 7) is 1.05. The third kappa shape index (κ3) is 3.18. The highest BCUT2D eigenvalue weighted by Crippen LogP contribution is 2.33. The first kappa shape index (κ1) is 18.3. The molecule has 0 N–H and O–H groups in total. The maximum atomic E-state index is 13.2. The lowest BCUT2D eigenvalue weighted by atomic mass is 9.86. The monoisotopic (exact) mass is 399 g/mol. The van der Waals surface area contributed by atoms with E-state index in [1.54, 1.807) is 22.9 Å². The standard InChI is InChI=1S/C23H21N5O2/c1-26-11-17(10-25-26)20-13-27(12-16-6-2-3-7-18(16)20)22(29)14-28-15-24-21-9-5-4-8-19(21)23(28)30/h2-11,15,20H,12-14H2,1H3/t20-/m0/s1. The lowest BCUT2D eigenvalue weighted by Gasteiger charge is -2.34. The molecule has 4 aromatic rings. The Bertz CT molecular complexity index is 1310. The van der Waals surface area contributed by atoms with Gasteiger partial charge in [0.2, 0.25) is 5.91 Å². The van der Waals surface area contributed by atoms with Crippen LogP contribution in [0.3, 0.4) is 0 Å². The van der Waals surface area contributed by atoms with E-state index in [2.05, 4.69) is 22.2 Å². The summed E-state index contributed by atoms with van der Waals surface area (Å²) in [6.07, 6.45) is 5.30. The molecule has 150 valence electrons. The fourth-order valence-electron chi connectivity index (χ4n) is 4.17. The molecule has 1 aliphatic rings. The molecule has 2 aromatic heterocycles. The molecule has 7 heteroatoms. The third-order valence-electron chi connectivity index (χ3n) is 5.71. The van der Waals surface area contributed by atoms with Gasteiger partial charge in [-0.15, -0.1) is 0 Å². The van der Waals surface area contributed by atoms with Gasteiger partial charge in [-0.3, -0.25) is 18.8 Å². The van der Waals surface area contributed by atoms with Crippen LogP contribution in [0.5, 0.6) is 0 Å². The average Bonchev–Trinajstić information content (AvgIpc) is 3.21. The second kappa shape index (κ2) is 7.26. The second-order valence-corrected chi connectivity index (χ2v) is 7.67. The Hall–Kier alpha value is -3.74. The Morgan fingerprint density at radius 2 is 1.93 bits per heavy atom. The van der Waals surface area contributed by atoms with Gasteiger partial charge in [-0.05, 0) is 28.8 Å². The van der Waals surface area contributed by atoms with Gasteiger partial charge in [0.15, 0.2) is 0 Å². The predicted octanol–water partition coefficient (Wildman–Crippen LogP) is 2.30. The Morgan fingerprint density at radius 3 is 2.77 bits per heavy atom. The molecule has 1 aliphatic heterocycles. The van der Waals surface area contributed by atoms with E-state index in [0.29, 0.717) is 24.0 Å². The molecule has 1 atom stereocenters. The molecule has 0 radical (unpaired) electrons. The number of carbonyl (C=O) groups excluding carboxylic acids is 1. The van der Waals surface area contributed by atoms with E-state index in [4.69, 9.17) is 0 Å². The fourth-order valence-corrected chi connectivity index (χ4v) is 4.17. The number of amides is 1. The number of rotatable bonds is 3. The van der Waals surface area contributed by atoms with Gasteiger partial charge in [0, 0.05) is 32.3 Å². The largest absolute Gasteiger partial charge is 0.336 e. The molecule has 0 spiro atoms. The Balaban J connectivity index is 1.45. The minimum absolute atomic E-state index is 0.0292. The summed E-state index contributed by atoms with van der Waals surface area (Å²) in [5.41, 5.74) is 3.85. The SMILES string of the molecule is Cn1cc([C@@H]2CN(C(=O)Cn3cnc4ccccc4c3=O)Cc3ccccc32)cn1. The number of fused-ring (bicyclic) bond motifs is 2. The molecule has 3 heterocycles. The molecule has 5 rings (SSSR count). The number of nitrogens with zero attached hydrogens (tertiary/aromatic N) is 5. The summed E-state index contributed by atoms with van der Waals surface area (Å²) < 4.78 is 3.17. The summed E-state index contributed by atoms with van der Waals surface area (Å²) >= 11 is 0. The predicted molar refractivity (Wildman–Crippen MR) is 113 cm³/mol. The van der Waals surface area contributed by atoms with E-state index >= 15 is 0 Å². The third-order valence-corrected chi connectivity index (χ3v) is 5.71. The highest BCUT2D eigenvalue weighted by molar-refractivity contribution is 5.79. The molecule has 30 heavy (non-hydrogen) atoms. The van der Waals surface area contributed by atoms with Crippen LogP contribution in [0.15, 0.2) is 72.0 Å². The van der Waals surface area contributed by atoms with Crippen LogP contribution in [0, 0.1) is 0 Å². The summed E-state index contributed by atoms with van der Waals surface area (Å²) in [5, 5.41) is 4.82. The number of carbonyl (C=O) groups is 1. The van der Waals surface area contributed by atoms with Crippen molar-refractivity contribution in [1.82, 2.24) is 24.2 Å². The molecule has 7 nitrogen and oxygen atoms in total. The molecule has 0 saturated heterocycles. The van der Waals surface area contributed by atoms with E-state index in [1.807, 2.05) is 42.5 Å². The molecule has 1 amide bonds. The van der Waals surface area contributed by atoms with Crippen LogP contribution in [0.4, 0.5) is 0 Å². The Morgan fingerprint density at radius 1 is 1.13 bits per heavy atom. The van der Waals surface area contributed by atoms with Crippen LogP contribution in [0.1, 0.15) is 22.6 Å². The van der Waals surface area contributed by atoms with E-state index in [0.717, 1.165) is 11.1 Å². The quantitative estimate of drug-likeness (QED) is 0.530. The maximum Gasteiger partial charge on any atom is 0.261 e. The number of hydrogen-bond donors (Lipinski definition) is 0. The Labute approximate surface area is 173 Å². The van der Waals surface area contributed by atoms with Crippen LogP contribution >= 0.6 is 0 Å². The highest BCUT2D eigenvalue weighted by Gasteiger charge is 2.30. The zero-order valence-corrected chi connectivity index (χ0v) is 16.6. The number of benzene rings is 2. The molecule has 0 unspecified atom stereocenters. The van der Waals surface area contributed by atoms with Crippen LogP contribution in [0.2, 0.25) is 0 Å². The van der Waals surface area contributed by atoms with Gasteiger partial charge < -0.3 is 4.90 Å². The number of aryl methyl sites for hydroxylation is 1. The van der Waals surface area contributed by atoms with Crippen molar-refractivity contribution >= 4 is 16.8 Å². The molecule has 0 fully saturated rings. The van der Waals surface area contributed by atoms with Gasteiger partial charge in [-0.25, -0.2) is 4.98 Å². The topological polar surface area (TPSA) is 73.0 Å². The van der Waals surface area contributed by atoms with Crippen LogP contribution in [0.25, 0.3) is 10.9 Å². The van der Waals surface area contributed by atoms with Gasteiger partial charge in [-0.2, -0.15) is 5.10 Å². The Kier molecular flexibility index (Phi) is 4.43. The van der Waals surface area contributed by atoms with Crippen LogP contribution in [-0.2, 0) is 24.9 Å². The van der Waals surface area contributed by atoms with E-state index in [9.17, 15) is 9.59 Å². The van der Waals surface area contributed by atoms with Crippen molar-refractivity contribution < 1.29 is 4.79 Å². The van der Waals surface area contributed by atoms with Gasteiger partial charge >= 0.3 is 0 Å². The van der Waals surface area contributed by atoms with Crippen LogP contribution in [-0.4, -0.2) is 36.7 Å². The van der Waals surface area contributed by atoms with Gasteiger partial charge in [0.1, 0.15) is 6.54 Å². The second-order valence-electron chi connectivity index (χ2n) is 7.67. The molecule has 0 aliphatic carbocycles. The van der Waals surface area contributed by atoms with Crippen molar-refractivity contribution in [3.8, 4) is 0 Å². The molecule has 0 bridgehead atoms. The van der Waals surface area contributed by atoms with E-state index in [1.165, 1.54) is 16.5 Å². The first-order valence-corrected chi connectivity index (χ1v) is 9.88. The first-order valence-electron chi connectivity index (χ1n) is 9.88. The summed E-state index contributed by atoms with van der Waals surface area (Å²) in [4.78, 5) is 32.1. The average molecular weight is 399 g/mol. The first-order chi connectivity index (χ1) is 14.6. The molecular formula is C23H21N5O2. The zero-order valence-electron chi connectivity index (χ0n) is 16.6. The summed E-state index contributed by atoms with van der Waals surface area (Å²) in [6, 6.07) is 15.4. The van der Waals surface area contributed by atoms with Gasteiger partial charge in [0.05, 0.1) is 23.4 Å². The summed E-state index contributed by atoms with van der Waals surface area (Å²) in [7, 11) is 1.89. The van der Waals surface area contributed by atoms with Crippen molar-refractivity contribution in [1.29, 1.82) is 0 Å². The number of hydrogen-bond acceptors (Lipinski definition) is 4. The van der Waals surface area contributed by atoms with Gasteiger partial charge in [-0.1, -0.05) is 36.4 Å².